The Kier molecular flexibility index (Phi) is 15.9. The van der Waals surface area contributed by atoms with Gasteiger partial charge in [0.2, 0.25) is 0 Å². The lowest BCUT2D eigenvalue weighted by atomic mass is 10.1. The summed E-state index contributed by atoms with van der Waals surface area (Å²) in [5.74, 6) is 0. The van der Waals surface area contributed by atoms with E-state index < -0.39 is 0 Å². The van der Waals surface area contributed by atoms with E-state index in [0.29, 0.717) is 0 Å². The van der Waals surface area contributed by atoms with Crippen molar-refractivity contribution < 1.29 is 4.74 Å². The van der Waals surface area contributed by atoms with E-state index in [4.69, 9.17) is 4.74 Å². The largest absolute Gasteiger partial charge is 0.381 e. The minimum absolute atomic E-state index is 0.938. The van der Waals surface area contributed by atoms with Crippen LogP contribution in [0.5, 0.6) is 0 Å². The van der Waals surface area contributed by atoms with Crippen molar-refractivity contribution in [3.63, 3.8) is 0 Å². The van der Waals surface area contributed by atoms with Crippen LogP contribution in [-0.2, 0) is 4.74 Å². The molecule has 0 aromatic carbocycles. The maximum Gasteiger partial charge on any atom is 0.0466 e. The molecule has 0 heterocycles. The van der Waals surface area contributed by atoms with Crippen LogP contribution >= 0.6 is 0 Å². The molecule has 0 aromatic rings. The Balaban J connectivity index is 2.85. The topological polar surface area (TPSA) is 9.23 Å². The lowest BCUT2D eigenvalue weighted by Crippen LogP contribution is -1.95. The minimum atomic E-state index is 0.938. The highest BCUT2D eigenvalue weighted by Gasteiger charge is 1.93. The zero-order valence-electron chi connectivity index (χ0n) is 12.0. The molecule has 17 heavy (non-hydrogen) atoms. The molecule has 0 aromatic heterocycles. The van der Waals surface area contributed by atoms with E-state index in [1.807, 2.05) is 0 Å². The number of hydrogen-bond donors (Lipinski definition) is 0. The first-order chi connectivity index (χ1) is 8.41. The average Bonchev–Trinajstić information content (AvgIpc) is 2.35. The molecule has 0 saturated heterocycles. The van der Waals surface area contributed by atoms with Crippen LogP contribution in [0.2, 0.25) is 0 Å². The fourth-order valence-corrected chi connectivity index (χ4v) is 2.04. The highest BCUT2D eigenvalue weighted by molar-refractivity contribution is 4.48. The predicted molar refractivity (Wildman–Crippen MR) is 77.3 cm³/mol. The molecule has 103 valence electrons. The lowest BCUT2D eigenvalue weighted by Gasteiger charge is -2.03. The average molecular weight is 241 g/mol. The molecule has 0 aliphatic rings. The van der Waals surface area contributed by atoms with E-state index in [9.17, 15) is 0 Å². The first kappa shape index (κ1) is 17.0. The summed E-state index contributed by atoms with van der Waals surface area (Å²) < 4.78 is 5.46. The number of hydrogen-bond acceptors (Lipinski definition) is 1. The first-order valence-electron chi connectivity index (χ1n) is 7.78. The SMILES string of the molecule is [CH2]CCCCCCCCCCCCOCCC. The van der Waals surface area contributed by atoms with Gasteiger partial charge in [0, 0.05) is 13.2 Å². The third kappa shape index (κ3) is 16.0. The molecule has 0 aliphatic carbocycles. The third-order valence-corrected chi connectivity index (χ3v) is 3.14. The van der Waals surface area contributed by atoms with E-state index in [1.54, 1.807) is 0 Å². The summed E-state index contributed by atoms with van der Waals surface area (Å²) in [7, 11) is 0. The Hall–Kier alpha value is -0.0400. The Morgan fingerprint density at radius 2 is 1.12 bits per heavy atom. The van der Waals surface area contributed by atoms with Gasteiger partial charge in [0.05, 0.1) is 0 Å². The predicted octanol–water partition coefficient (Wildman–Crippen LogP) is 5.54. The maximum atomic E-state index is 5.46. The Labute approximate surface area is 109 Å². The Morgan fingerprint density at radius 3 is 1.59 bits per heavy atom. The van der Waals surface area contributed by atoms with Crippen molar-refractivity contribution in [2.75, 3.05) is 13.2 Å². The van der Waals surface area contributed by atoms with Crippen molar-refractivity contribution in [2.24, 2.45) is 0 Å². The third-order valence-electron chi connectivity index (χ3n) is 3.14. The van der Waals surface area contributed by atoms with Crippen LogP contribution in [0.15, 0.2) is 0 Å². The normalized spacial score (nSPS) is 10.9. The van der Waals surface area contributed by atoms with Gasteiger partial charge in [0.1, 0.15) is 0 Å². The second-order valence-corrected chi connectivity index (χ2v) is 5.00. The molecule has 1 heteroatoms. The molecule has 1 radical (unpaired) electrons. The van der Waals surface area contributed by atoms with Gasteiger partial charge in [0.15, 0.2) is 0 Å². The van der Waals surface area contributed by atoms with Gasteiger partial charge >= 0.3 is 0 Å². The molecule has 0 unspecified atom stereocenters. The zero-order valence-corrected chi connectivity index (χ0v) is 12.0. The summed E-state index contributed by atoms with van der Waals surface area (Å²) >= 11 is 0. The number of unbranched alkanes of at least 4 members (excludes halogenated alkanes) is 10. The summed E-state index contributed by atoms with van der Waals surface area (Å²) in [6.07, 6.45) is 16.1. The van der Waals surface area contributed by atoms with Crippen molar-refractivity contribution in [2.45, 2.75) is 84.0 Å². The summed E-state index contributed by atoms with van der Waals surface area (Å²) in [6, 6.07) is 0. The van der Waals surface area contributed by atoms with E-state index in [1.165, 1.54) is 64.2 Å². The molecule has 0 fully saturated rings. The summed E-state index contributed by atoms with van der Waals surface area (Å²) in [5.41, 5.74) is 0. The lowest BCUT2D eigenvalue weighted by molar-refractivity contribution is 0.130. The fourth-order valence-electron chi connectivity index (χ4n) is 2.04. The van der Waals surface area contributed by atoms with Crippen LogP contribution in [0.3, 0.4) is 0 Å². The fraction of sp³-hybridized carbons (Fsp3) is 0.938. The molecule has 0 saturated carbocycles. The van der Waals surface area contributed by atoms with Crippen LogP contribution in [0, 0.1) is 6.92 Å². The van der Waals surface area contributed by atoms with Gasteiger partial charge in [-0.1, -0.05) is 78.1 Å². The summed E-state index contributed by atoms with van der Waals surface area (Å²) in [6.45, 7) is 7.94. The van der Waals surface area contributed by atoms with Crippen LogP contribution in [0.4, 0.5) is 0 Å². The van der Waals surface area contributed by atoms with E-state index in [0.717, 1.165) is 26.1 Å². The second-order valence-electron chi connectivity index (χ2n) is 5.00. The van der Waals surface area contributed by atoms with Gasteiger partial charge in [0.25, 0.3) is 0 Å². The summed E-state index contributed by atoms with van der Waals surface area (Å²) in [5, 5.41) is 0. The molecule has 0 spiro atoms. The highest BCUT2D eigenvalue weighted by Crippen LogP contribution is 2.11. The molecular formula is C16H33O. The number of ether oxygens (including phenoxy) is 1. The molecular weight excluding hydrogens is 208 g/mol. The van der Waals surface area contributed by atoms with Crippen LogP contribution in [-0.4, -0.2) is 13.2 Å². The van der Waals surface area contributed by atoms with Crippen LogP contribution in [0.25, 0.3) is 0 Å². The highest BCUT2D eigenvalue weighted by atomic mass is 16.5. The smallest absolute Gasteiger partial charge is 0.0466 e. The van der Waals surface area contributed by atoms with Gasteiger partial charge < -0.3 is 4.74 Å². The van der Waals surface area contributed by atoms with E-state index in [-0.39, 0.29) is 0 Å². The van der Waals surface area contributed by atoms with Gasteiger partial charge in [-0.05, 0) is 12.8 Å². The van der Waals surface area contributed by atoms with Crippen molar-refractivity contribution in [3.8, 4) is 0 Å². The first-order valence-corrected chi connectivity index (χ1v) is 7.78. The van der Waals surface area contributed by atoms with Crippen molar-refractivity contribution in [1.29, 1.82) is 0 Å². The Bertz CT molecular complexity index is 109. The standard InChI is InChI=1S/C16H33O/c1-3-5-6-7-8-9-10-11-12-13-14-16-17-15-4-2/h1,3-16H2,2H3. The molecule has 0 aliphatic heterocycles. The van der Waals surface area contributed by atoms with Gasteiger partial charge in [-0.3, -0.25) is 0 Å². The van der Waals surface area contributed by atoms with Crippen LogP contribution in [0.1, 0.15) is 84.0 Å². The Morgan fingerprint density at radius 1 is 0.647 bits per heavy atom. The molecule has 0 bridgehead atoms. The van der Waals surface area contributed by atoms with Gasteiger partial charge in [-0.15, -0.1) is 0 Å². The summed E-state index contributed by atoms with van der Waals surface area (Å²) in [4.78, 5) is 0. The molecule has 0 N–H and O–H groups in total. The van der Waals surface area contributed by atoms with Gasteiger partial charge in [-0.25, -0.2) is 0 Å². The molecule has 0 amide bonds. The number of rotatable bonds is 14. The maximum absolute atomic E-state index is 5.46. The van der Waals surface area contributed by atoms with Crippen molar-refractivity contribution in [3.05, 3.63) is 6.92 Å². The van der Waals surface area contributed by atoms with E-state index in [2.05, 4.69) is 13.8 Å². The van der Waals surface area contributed by atoms with Crippen molar-refractivity contribution >= 4 is 0 Å². The van der Waals surface area contributed by atoms with Gasteiger partial charge in [-0.2, -0.15) is 0 Å². The molecule has 1 nitrogen and oxygen atoms in total. The quantitative estimate of drug-likeness (QED) is 0.363. The molecule has 0 atom stereocenters. The van der Waals surface area contributed by atoms with Crippen molar-refractivity contribution in [1.82, 2.24) is 0 Å². The van der Waals surface area contributed by atoms with E-state index >= 15 is 0 Å². The minimum Gasteiger partial charge on any atom is -0.381 e. The monoisotopic (exact) mass is 241 g/mol. The zero-order chi connectivity index (χ0) is 12.6. The molecule has 0 rings (SSSR count). The van der Waals surface area contributed by atoms with Crippen LogP contribution < -0.4 is 0 Å². The second kappa shape index (κ2) is 16.0.